The molecule has 2 nitrogen and oxygen atoms in total. The van der Waals surface area contributed by atoms with Crippen molar-refractivity contribution >= 4 is 69.0 Å². The van der Waals surface area contributed by atoms with Crippen LogP contribution >= 0.6 is 58.0 Å². The molecule has 3 rings (SSSR count). The van der Waals surface area contributed by atoms with Crippen LogP contribution in [-0.4, -0.2) is 9.55 Å². The van der Waals surface area contributed by atoms with E-state index < -0.39 is 5.82 Å². The summed E-state index contributed by atoms with van der Waals surface area (Å²) in [7, 11) is 0. The highest BCUT2D eigenvalue weighted by molar-refractivity contribution is 14.1. The van der Waals surface area contributed by atoms with E-state index in [-0.39, 0.29) is 15.9 Å². The molecular weight excluding hydrogens is 452 g/mol. The van der Waals surface area contributed by atoms with E-state index in [2.05, 4.69) is 4.98 Å². The molecule has 2 aromatic carbocycles. The quantitative estimate of drug-likeness (QED) is 0.275. The van der Waals surface area contributed by atoms with E-state index in [0.29, 0.717) is 25.1 Å². The van der Waals surface area contributed by atoms with Crippen molar-refractivity contribution in [1.29, 1.82) is 0 Å². The number of rotatable bonds is 1. The van der Waals surface area contributed by atoms with Gasteiger partial charge in [0.1, 0.15) is 5.82 Å². The lowest BCUT2D eigenvalue weighted by molar-refractivity contribution is 0.621. The van der Waals surface area contributed by atoms with E-state index in [9.17, 15) is 8.78 Å². The molecule has 8 heteroatoms. The summed E-state index contributed by atoms with van der Waals surface area (Å²) in [5.74, 6) is -1.07. The Kier molecular flexibility index (Phi) is 3.98. The topological polar surface area (TPSA) is 20.7 Å². The highest BCUT2D eigenvalue weighted by atomic mass is 127. The molecule has 21 heavy (non-hydrogen) atoms. The van der Waals surface area contributed by atoms with Gasteiger partial charge in [-0.2, -0.15) is 0 Å². The van der Waals surface area contributed by atoms with Crippen LogP contribution in [0.1, 0.15) is 0 Å². The van der Waals surface area contributed by atoms with E-state index >= 15 is 0 Å². The maximum Gasteiger partial charge on any atom is 0.182 e. The summed E-state index contributed by atoms with van der Waals surface area (Å²) in [6.45, 7) is 0. The van der Waals surface area contributed by atoms with Gasteiger partial charge in [-0.15, -0.1) is 0 Å². The molecule has 0 atom stereocenters. The third kappa shape index (κ3) is 2.58. The molecule has 1 N–H and O–H groups in total. The maximum atomic E-state index is 13.8. The second kappa shape index (κ2) is 5.49. The Hall–Kier alpha value is -0.700. The van der Waals surface area contributed by atoms with Crippen LogP contribution < -0.4 is 0 Å². The first kappa shape index (κ1) is 15.2. The van der Waals surface area contributed by atoms with Crippen LogP contribution in [0.15, 0.2) is 24.3 Å². The normalized spacial score (nSPS) is 11.3. The molecule has 0 aliphatic heterocycles. The number of aromatic amines is 1. The summed E-state index contributed by atoms with van der Waals surface area (Å²) < 4.78 is 29.7. The Bertz CT molecular complexity index is 913. The number of hydrogen-bond acceptors (Lipinski definition) is 1. The molecular formula is C13H5Cl2F2IN2S. The summed E-state index contributed by atoms with van der Waals surface area (Å²) in [4.78, 5) is 2.97. The van der Waals surface area contributed by atoms with Gasteiger partial charge in [0.2, 0.25) is 0 Å². The van der Waals surface area contributed by atoms with E-state index in [4.69, 9.17) is 35.4 Å². The van der Waals surface area contributed by atoms with Crippen molar-refractivity contribution in [2.45, 2.75) is 0 Å². The Morgan fingerprint density at radius 1 is 1.10 bits per heavy atom. The molecule has 0 saturated heterocycles. The van der Waals surface area contributed by atoms with Crippen molar-refractivity contribution in [1.82, 2.24) is 9.55 Å². The number of fused-ring (bicyclic) bond motifs is 1. The Morgan fingerprint density at radius 2 is 1.71 bits per heavy atom. The van der Waals surface area contributed by atoms with Gasteiger partial charge in [0.25, 0.3) is 0 Å². The van der Waals surface area contributed by atoms with Crippen LogP contribution in [0.2, 0.25) is 10.0 Å². The third-order valence-corrected chi connectivity index (χ3v) is 4.61. The van der Waals surface area contributed by atoms with Crippen LogP contribution in [0.25, 0.3) is 16.7 Å². The standard InChI is InChI=1S/C13H5Cl2F2IN2S/c14-6-1-5(2-7(15)12(6)17)20-11-3-8(16)9(18)4-10(11)19-13(20)21/h1-4H,(H,19,21). The van der Waals surface area contributed by atoms with Crippen LogP contribution in [0.5, 0.6) is 0 Å². The van der Waals surface area contributed by atoms with E-state index in [1.165, 1.54) is 18.2 Å². The molecule has 0 aliphatic carbocycles. The van der Waals surface area contributed by atoms with Crippen molar-refractivity contribution < 1.29 is 8.78 Å². The van der Waals surface area contributed by atoms with Crippen LogP contribution in [0.4, 0.5) is 8.78 Å². The lowest BCUT2D eigenvalue weighted by atomic mass is 10.2. The van der Waals surface area contributed by atoms with Gasteiger partial charge >= 0.3 is 0 Å². The van der Waals surface area contributed by atoms with Crippen LogP contribution in [-0.2, 0) is 0 Å². The van der Waals surface area contributed by atoms with Gasteiger partial charge in [0.15, 0.2) is 10.6 Å². The monoisotopic (exact) mass is 456 g/mol. The number of hydrogen-bond donors (Lipinski definition) is 1. The molecule has 0 saturated carbocycles. The third-order valence-electron chi connectivity index (χ3n) is 2.95. The Morgan fingerprint density at radius 3 is 2.33 bits per heavy atom. The van der Waals surface area contributed by atoms with Crippen LogP contribution in [0.3, 0.4) is 0 Å². The van der Waals surface area contributed by atoms with Gasteiger partial charge in [0, 0.05) is 6.07 Å². The fourth-order valence-electron chi connectivity index (χ4n) is 2.03. The zero-order valence-electron chi connectivity index (χ0n) is 10.1. The molecule has 0 fully saturated rings. The van der Waals surface area contributed by atoms with Gasteiger partial charge in [-0.25, -0.2) is 8.78 Å². The van der Waals surface area contributed by atoms with E-state index in [1.807, 2.05) is 22.6 Å². The second-order valence-corrected chi connectivity index (χ2v) is 6.64. The largest absolute Gasteiger partial charge is 0.330 e. The van der Waals surface area contributed by atoms with Crippen molar-refractivity contribution in [2.24, 2.45) is 0 Å². The number of aromatic nitrogens is 2. The molecule has 0 radical (unpaired) electrons. The van der Waals surface area contributed by atoms with Crippen LogP contribution in [0, 0.1) is 20.0 Å². The maximum absolute atomic E-state index is 13.8. The summed E-state index contributed by atoms with van der Waals surface area (Å²) in [5.41, 5.74) is 1.65. The zero-order valence-corrected chi connectivity index (χ0v) is 14.5. The fourth-order valence-corrected chi connectivity index (χ4v) is 3.29. The molecule has 3 aromatic rings. The molecule has 1 heterocycles. The minimum Gasteiger partial charge on any atom is -0.330 e. The number of H-pyrrole nitrogens is 1. The van der Waals surface area contributed by atoms with Crippen molar-refractivity contribution in [3.63, 3.8) is 0 Å². The summed E-state index contributed by atoms with van der Waals surface area (Å²) >= 11 is 18.7. The van der Waals surface area contributed by atoms with Gasteiger partial charge in [-0.3, -0.25) is 4.57 Å². The van der Waals surface area contributed by atoms with Gasteiger partial charge in [-0.05, 0) is 53.0 Å². The Labute approximate surface area is 146 Å². The Balaban J connectivity index is 2.37. The van der Waals surface area contributed by atoms with Crippen molar-refractivity contribution in [3.05, 3.63) is 54.3 Å². The predicted molar refractivity (Wildman–Crippen MR) is 91.1 cm³/mol. The SMILES string of the molecule is Fc1cc2c(cc1I)[nH]c(=S)n2-c1cc(Cl)c(F)c(Cl)c1. The first-order valence-corrected chi connectivity index (χ1v) is 7.87. The minimum atomic E-state index is -0.700. The first-order valence-electron chi connectivity index (χ1n) is 5.63. The first-order chi connectivity index (χ1) is 9.88. The van der Waals surface area contributed by atoms with Gasteiger partial charge in [0.05, 0.1) is 30.3 Å². The summed E-state index contributed by atoms with van der Waals surface area (Å²) in [5, 5.41) is -0.250. The highest BCUT2D eigenvalue weighted by Crippen LogP contribution is 2.29. The van der Waals surface area contributed by atoms with Gasteiger partial charge in [-0.1, -0.05) is 23.2 Å². The summed E-state index contributed by atoms with van der Waals surface area (Å²) in [6.07, 6.45) is 0. The number of nitrogens with one attached hydrogen (secondary N) is 1. The predicted octanol–water partition coefficient (Wildman–Crippen LogP) is 5.88. The molecule has 0 spiro atoms. The van der Waals surface area contributed by atoms with E-state index in [0.717, 1.165) is 0 Å². The molecule has 0 amide bonds. The number of benzene rings is 2. The number of halogens is 5. The number of imidazole rings is 1. The summed E-state index contributed by atoms with van der Waals surface area (Å²) in [6, 6.07) is 5.78. The molecule has 0 bridgehead atoms. The van der Waals surface area contributed by atoms with E-state index in [1.54, 1.807) is 10.6 Å². The smallest absolute Gasteiger partial charge is 0.182 e. The van der Waals surface area contributed by atoms with Gasteiger partial charge < -0.3 is 4.98 Å². The average molecular weight is 457 g/mol. The van der Waals surface area contributed by atoms with Crippen molar-refractivity contribution in [3.8, 4) is 5.69 Å². The molecule has 1 aromatic heterocycles. The zero-order chi connectivity index (χ0) is 15.3. The highest BCUT2D eigenvalue weighted by Gasteiger charge is 2.14. The average Bonchev–Trinajstić information content (AvgIpc) is 2.71. The lowest BCUT2D eigenvalue weighted by Crippen LogP contribution is -1.96. The second-order valence-electron chi connectivity index (χ2n) is 4.27. The molecule has 0 unspecified atom stereocenters. The number of nitrogens with zero attached hydrogens (tertiary/aromatic N) is 1. The van der Waals surface area contributed by atoms with Crippen molar-refractivity contribution in [2.75, 3.05) is 0 Å². The molecule has 108 valence electrons. The lowest BCUT2D eigenvalue weighted by Gasteiger charge is -2.07. The minimum absolute atomic E-state index is 0.125. The molecule has 0 aliphatic rings. The fraction of sp³-hybridized carbons (Fsp3) is 0.